The summed E-state index contributed by atoms with van der Waals surface area (Å²) in [6.45, 7) is 6.81. The Labute approximate surface area is 144 Å². The van der Waals surface area contributed by atoms with E-state index in [1.54, 1.807) is 19.0 Å². The van der Waals surface area contributed by atoms with Crippen LogP contribution in [0.5, 0.6) is 5.75 Å². The average Bonchev–Trinajstić information content (AvgIpc) is 2.55. The third kappa shape index (κ3) is 6.11. The van der Waals surface area contributed by atoms with Gasteiger partial charge in [0.05, 0.1) is 6.54 Å². The van der Waals surface area contributed by atoms with Crippen molar-refractivity contribution < 1.29 is 14.6 Å². The van der Waals surface area contributed by atoms with Gasteiger partial charge in [-0.05, 0) is 24.6 Å². The first-order valence-electron chi connectivity index (χ1n) is 8.46. The van der Waals surface area contributed by atoms with E-state index in [0.29, 0.717) is 19.7 Å². The summed E-state index contributed by atoms with van der Waals surface area (Å²) in [5, 5.41) is 10.2. The van der Waals surface area contributed by atoms with Gasteiger partial charge in [0.25, 0.3) is 0 Å². The first kappa shape index (κ1) is 18.7. The monoisotopic (exact) mass is 335 g/mol. The number of likely N-dealkylation sites (N-methyl/N-ethyl adjacent to an activating group) is 1. The number of hydrogen-bond donors (Lipinski definition) is 1. The zero-order chi connectivity index (χ0) is 17.5. The fraction of sp³-hybridized carbons (Fsp3) is 0.611. The summed E-state index contributed by atoms with van der Waals surface area (Å²) in [5.74, 6) is 0.927. The number of aliphatic hydroxyl groups excluding tert-OH is 1. The van der Waals surface area contributed by atoms with Gasteiger partial charge in [-0.25, -0.2) is 0 Å². The maximum atomic E-state index is 11.7. The predicted octanol–water partition coefficient (Wildman–Crippen LogP) is 0.441. The molecule has 0 aromatic heterocycles. The van der Waals surface area contributed by atoms with Crippen molar-refractivity contribution in [3.05, 3.63) is 29.8 Å². The van der Waals surface area contributed by atoms with Crippen molar-refractivity contribution in [1.82, 2.24) is 14.7 Å². The third-order valence-electron chi connectivity index (χ3n) is 4.22. The van der Waals surface area contributed by atoms with Gasteiger partial charge in [-0.3, -0.25) is 14.6 Å². The molecule has 0 radical (unpaired) electrons. The number of aliphatic hydroxyl groups is 1. The quantitative estimate of drug-likeness (QED) is 0.784. The van der Waals surface area contributed by atoms with E-state index in [1.165, 1.54) is 0 Å². The van der Waals surface area contributed by atoms with E-state index in [0.717, 1.165) is 37.5 Å². The fourth-order valence-electron chi connectivity index (χ4n) is 2.71. The van der Waals surface area contributed by atoms with Gasteiger partial charge in [0.15, 0.2) is 0 Å². The van der Waals surface area contributed by atoms with Crippen molar-refractivity contribution >= 4 is 5.91 Å². The van der Waals surface area contributed by atoms with Crippen LogP contribution in [0.3, 0.4) is 0 Å². The van der Waals surface area contributed by atoms with E-state index < -0.39 is 6.10 Å². The summed E-state index contributed by atoms with van der Waals surface area (Å²) in [5.41, 5.74) is 1.14. The van der Waals surface area contributed by atoms with Gasteiger partial charge in [0.1, 0.15) is 18.5 Å². The lowest BCUT2D eigenvalue weighted by molar-refractivity contribution is -0.130. The molecular formula is C18H29N3O3. The Bertz CT molecular complexity index is 528. The summed E-state index contributed by atoms with van der Waals surface area (Å²) in [6.07, 6.45) is -0.513. The number of aryl methyl sites for hydroxylation is 1. The van der Waals surface area contributed by atoms with Crippen molar-refractivity contribution in [3.8, 4) is 5.75 Å². The second-order valence-electron chi connectivity index (χ2n) is 6.65. The van der Waals surface area contributed by atoms with Crippen molar-refractivity contribution in [3.63, 3.8) is 0 Å². The molecule has 1 saturated heterocycles. The Kier molecular flexibility index (Phi) is 7.02. The van der Waals surface area contributed by atoms with Crippen LogP contribution in [-0.4, -0.2) is 91.8 Å². The smallest absolute Gasteiger partial charge is 0.236 e. The number of rotatable bonds is 7. The first-order chi connectivity index (χ1) is 11.4. The van der Waals surface area contributed by atoms with Gasteiger partial charge in [0, 0.05) is 46.8 Å². The molecule has 1 aliphatic heterocycles. The Morgan fingerprint density at radius 3 is 2.54 bits per heavy atom. The molecule has 1 heterocycles. The molecule has 1 aliphatic rings. The van der Waals surface area contributed by atoms with Crippen molar-refractivity contribution in [1.29, 1.82) is 0 Å². The molecule has 2 rings (SSSR count). The minimum Gasteiger partial charge on any atom is -0.491 e. The van der Waals surface area contributed by atoms with Crippen LogP contribution in [0.15, 0.2) is 24.3 Å². The van der Waals surface area contributed by atoms with Crippen LogP contribution in [-0.2, 0) is 4.79 Å². The largest absolute Gasteiger partial charge is 0.491 e. The maximum Gasteiger partial charge on any atom is 0.236 e. The number of β-amino-alcohol motifs (C(OH)–C–C–N with tert-alkyl or cyclic N) is 1. The molecule has 134 valence electrons. The standard InChI is InChI=1S/C18H29N3O3/c1-15-5-4-6-17(11-15)24-14-16(22)12-20-7-9-21(10-8-20)13-18(23)19(2)3/h4-6,11,16,22H,7-10,12-14H2,1-3H3. The SMILES string of the molecule is Cc1cccc(OCC(O)CN2CCN(CC(=O)N(C)C)CC2)c1. The van der Waals surface area contributed by atoms with Gasteiger partial charge in [-0.1, -0.05) is 12.1 Å². The molecule has 0 spiro atoms. The lowest BCUT2D eigenvalue weighted by atomic mass is 10.2. The van der Waals surface area contributed by atoms with Gasteiger partial charge in [0.2, 0.25) is 5.91 Å². The number of benzene rings is 1. The van der Waals surface area contributed by atoms with Crippen LogP contribution in [0.25, 0.3) is 0 Å². The number of amides is 1. The highest BCUT2D eigenvalue weighted by Crippen LogP contribution is 2.13. The highest BCUT2D eigenvalue weighted by atomic mass is 16.5. The zero-order valence-electron chi connectivity index (χ0n) is 14.9. The zero-order valence-corrected chi connectivity index (χ0v) is 14.9. The average molecular weight is 335 g/mol. The van der Waals surface area contributed by atoms with E-state index in [2.05, 4.69) is 9.80 Å². The Morgan fingerprint density at radius 2 is 1.92 bits per heavy atom. The molecule has 1 fully saturated rings. The molecule has 6 nitrogen and oxygen atoms in total. The van der Waals surface area contributed by atoms with Gasteiger partial charge >= 0.3 is 0 Å². The molecule has 6 heteroatoms. The van der Waals surface area contributed by atoms with Crippen molar-refractivity contribution in [2.75, 3.05) is 60.0 Å². The molecule has 1 aromatic carbocycles. The molecule has 1 amide bonds. The molecule has 1 aromatic rings. The second-order valence-corrected chi connectivity index (χ2v) is 6.65. The number of nitrogens with zero attached hydrogens (tertiary/aromatic N) is 3. The first-order valence-corrected chi connectivity index (χ1v) is 8.46. The number of piperazine rings is 1. The van der Waals surface area contributed by atoms with E-state index in [-0.39, 0.29) is 5.91 Å². The lowest BCUT2D eigenvalue weighted by Gasteiger charge is -2.35. The number of hydrogen-bond acceptors (Lipinski definition) is 5. The molecule has 1 N–H and O–H groups in total. The topological polar surface area (TPSA) is 56.3 Å². The number of carbonyl (C=O) groups is 1. The predicted molar refractivity (Wildman–Crippen MR) is 94.3 cm³/mol. The fourth-order valence-corrected chi connectivity index (χ4v) is 2.71. The Hall–Kier alpha value is -1.63. The van der Waals surface area contributed by atoms with Crippen LogP contribution < -0.4 is 4.74 Å². The lowest BCUT2D eigenvalue weighted by Crippen LogP contribution is -2.51. The van der Waals surface area contributed by atoms with E-state index in [1.807, 2.05) is 31.2 Å². The van der Waals surface area contributed by atoms with E-state index in [9.17, 15) is 9.90 Å². The van der Waals surface area contributed by atoms with Gasteiger partial charge < -0.3 is 14.7 Å². The summed E-state index contributed by atoms with van der Waals surface area (Å²) in [7, 11) is 3.56. The van der Waals surface area contributed by atoms with Crippen molar-refractivity contribution in [2.24, 2.45) is 0 Å². The number of carbonyl (C=O) groups excluding carboxylic acids is 1. The van der Waals surface area contributed by atoms with Crippen LogP contribution in [0, 0.1) is 6.92 Å². The van der Waals surface area contributed by atoms with Gasteiger partial charge in [-0.2, -0.15) is 0 Å². The molecule has 1 unspecified atom stereocenters. The molecular weight excluding hydrogens is 306 g/mol. The van der Waals surface area contributed by atoms with Gasteiger partial charge in [-0.15, -0.1) is 0 Å². The molecule has 0 bridgehead atoms. The third-order valence-corrected chi connectivity index (χ3v) is 4.22. The summed E-state index contributed by atoms with van der Waals surface area (Å²) < 4.78 is 5.65. The minimum atomic E-state index is -0.513. The van der Waals surface area contributed by atoms with Crippen LogP contribution in [0.4, 0.5) is 0 Å². The second kappa shape index (κ2) is 9.01. The minimum absolute atomic E-state index is 0.134. The molecule has 0 aliphatic carbocycles. The summed E-state index contributed by atoms with van der Waals surface area (Å²) in [4.78, 5) is 17.7. The van der Waals surface area contributed by atoms with E-state index in [4.69, 9.17) is 4.74 Å². The Morgan fingerprint density at radius 1 is 1.25 bits per heavy atom. The van der Waals surface area contributed by atoms with E-state index >= 15 is 0 Å². The normalized spacial score (nSPS) is 17.5. The number of ether oxygens (including phenoxy) is 1. The highest BCUT2D eigenvalue weighted by Gasteiger charge is 2.21. The molecule has 1 atom stereocenters. The van der Waals surface area contributed by atoms with Crippen LogP contribution >= 0.6 is 0 Å². The van der Waals surface area contributed by atoms with Crippen molar-refractivity contribution in [2.45, 2.75) is 13.0 Å². The maximum absolute atomic E-state index is 11.7. The molecule has 24 heavy (non-hydrogen) atoms. The summed E-state index contributed by atoms with van der Waals surface area (Å²) in [6, 6.07) is 7.84. The molecule has 0 saturated carbocycles. The van der Waals surface area contributed by atoms with Crippen LogP contribution in [0.1, 0.15) is 5.56 Å². The Balaban J connectivity index is 1.66. The summed E-state index contributed by atoms with van der Waals surface area (Å²) >= 11 is 0. The highest BCUT2D eigenvalue weighted by molar-refractivity contribution is 5.77. The van der Waals surface area contributed by atoms with Crippen LogP contribution in [0.2, 0.25) is 0 Å².